The molecule has 1 aromatic rings. The topological polar surface area (TPSA) is 81.2 Å². The largest absolute Gasteiger partial charge is 0.358 e. The monoisotopic (exact) mass is 476 g/mol. The molecule has 0 N–H and O–H groups in total. The Morgan fingerprint density at radius 3 is 2.39 bits per heavy atom. The van der Waals surface area contributed by atoms with Gasteiger partial charge in [0.2, 0.25) is 21.8 Å². The molecule has 33 heavy (non-hydrogen) atoms. The SMILES string of the molecule is CCN(CC)S(=O)(=O)c1ccc2c(c1)N(CC(=O)N1CCC(C)CC1)C(=O)C1CCCCN21. The summed E-state index contributed by atoms with van der Waals surface area (Å²) in [4.78, 5) is 32.4. The predicted octanol–water partition coefficient (Wildman–Crippen LogP) is 2.68. The first-order valence-corrected chi connectivity index (χ1v) is 13.7. The van der Waals surface area contributed by atoms with E-state index in [2.05, 4.69) is 11.8 Å². The minimum atomic E-state index is -3.68. The molecule has 9 heteroatoms. The molecule has 0 spiro atoms. The van der Waals surface area contributed by atoms with Gasteiger partial charge in [-0.15, -0.1) is 0 Å². The number of anilines is 2. The van der Waals surface area contributed by atoms with E-state index in [4.69, 9.17) is 0 Å². The average Bonchev–Trinajstić information content (AvgIpc) is 2.82. The number of hydrogen-bond donors (Lipinski definition) is 0. The maximum absolute atomic E-state index is 13.6. The summed E-state index contributed by atoms with van der Waals surface area (Å²) in [7, 11) is -3.68. The third-order valence-corrected chi connectivity index (χ3v) is 9.42. The molecule has 2 saturated heterocycles. The molecule has 182 valence electrons. The normalized spacial score (nSPS) is 21.9. The van der Waals surface area contributed by atoms with Gasteiger partial charge in [-0.05, 0) is 56.2 Å². The van der Waals surface area contributed by atoms with E-state index >= 15 is 0 Å². The van der Waals surface area contributed by atoms with Crippen LogP contribution in [0.5, 0.6) is 0 Å². The Morgan fingerprint density at radius 1 is 1.03 bits per heavy atom. The summed E-state index contributed by atoms with van der Waals surface area (Å²) in [6.45, 7) is 8.70. The molecular formula is C24H36N4O4S. The van der Waals surface area contributed by atoms with Crippen LogP contribution in [-0.4, -0.2) is 74.7 Å². The molecule has 0 aliphatic carbocycles. The van der Waals surface area contributed by atoms with Crippen LogP contribution in [0.15, 0.2) is 23.1 Å². The minimum Gasteiger partial charge on any atom is -0.358 e. The maximum Gasteiger partial charge on any atom is 0.250 e. The first-order chi connectivity index (χ1) is 15.8. The highest BCUT2D eigenvalue weighted by atomic mass is 32.2. The summed E-state index contributed by atoms with van der Waals surface area (Å²) in [5, 5.41) is 0. The highest BCUT2D eigenvalue weighted by molar-refractivity contribution is 7.89. The first-order valence-electron chi connectivity index (χ1n) is 12.3. The number of likely N-dealkylation sites (tertiary alicyclic amines) is 1. The van der Waals surface area contributed by atoms with Gasteiger partial charge in [0.1, 0.15) is 12.6 Å². The molecule has 1 unspecified atom stereocenters. The number of hydrogen-bond acceptors (Lipinski definition) is 5. The van der Waals surface area contributed by atoms with Gasteiger partial charge >= 0.3 is 0 Å². The number of fused-ring (bicyclic) bond motifs is 3. The lowest BCUT2D eigenvalue weighted by Gasteiger charge is -2.45. The van der Waals surface area contributed by atoms with Gasteiger partial charge in [-0.3, -0.25) is 14.5 Å². The van der Waals surface area contributed by atoms with Crippen molar-refractivity contribution in [2.75, 3.05) is 49.1 Å². The molecule has 3 aliphatic rings. The maximum atomic E-state index is 13.6. The third kappa shape index (κ3) is 4.49. The minimum absolute atomic E-state index is 0.0423. The van der Waals surface area contributed by atoms with Gasteiger partial charge in [-0.25, -0.2) is 8.42 Å². The van der Waals surface area contributed by atoms with E-state index in [9.17, 15) is 18.0 Å². The molecule has 1 atom stereocenters. The number of piperidine rings is 2. The van der Waals surface area contributed by atoms with E-state index < -0.39 is 10.0 Å². The molecule has 2 amide bonds. The second kappa shape index (κ2) is 9.62. The van der Waals surface area contributed by atoms with Crippen molar-refractivity contribution in [2.45, 2.75) is 63.8 Å². The van der Waals surface area contributed by atoms with Crippen molar-refractivity contribution < 1.29 is 18.0 Å². The molecular weight excluding hydrogens is 440 g/mol. The van der Waals surface area contributed by atoms with Crippen molar-refractivity contribution in [3.05, 3.63) is 18.2 Å². The highest BCUT2D eigenvalue weighted by Gasteiger charge is 2.41. The lowest BCUT2D eigenvalue weighted by atomic mass is 9.96. The van der Waals surface area contributed by atoms with Crippen molar-refractivity contribution in [2.24, 2.45) is 5.92 Å². The second-order valence-electron chi connectivity index (χ2n) is 9.43. The molecule has 0 saturated carbocycles. The predicted molar refractivity (Wildman–Crippen MR) is 129 cm³/mol. The number of benzene rings is 1. The number of amides is 2. The van der Waals surface area contributed by atoms with Crippen molar-refractivity contribution in [3.63, 3.8) is 0 Å². The van der Waals surface area contributed by atoms with Gasteiger partial charge in [0.15, 0.2) is 0 Å². The van der Waals surface area contributed by atoms with Crippen LogP contribution >= 0.6 is 0 Å². The van der Waals surface area contributed by atoms with E-state index in [1.54, 1.807) is 17.0 Å². The summed E-state index contributed by atoms with van der Waals surface area (Å²) in [5.41, 5.74) is 1.38. The summed E-state index contributed by atoms with van der Waals surface area (Å²) in [6, 6.07) is 4.76. The highest BCUT2D eigenvalue weighted by Crippen LogP contribution is 2.41. The van der Waals surface area contributed by atoms with Crippen LogP contribution < -0.4 is 9.80 Å². The van der Waals surface area contributed by atoms with Crippen LogP contribution in [0.4, 0.5) is 11.4 Å². The Balaban J connectivity index is 1.71. The number of rotatable bonds is 6. The quantitative estimate of drug-likeness (QED) is 0.631. The van der Waals surface area contributed by atoms with Crippen molar-refractivity contribution in [3.8, 4) is 0 Å². The van der Waals surface area contributed by atoms with Crippen LogP contribution in [0.25, 0.3) is 0 Å². The van der Waals surface area contributed by atoms with Crippen molar-refractivity contribution in [1.29, 1.82) is 0 Å². The Hall–Kier alpha value is -2.13. The van der Waals surface area contributed by atoms with Gasteiger partial charge < -0.3 is 9.80 Å². The number of sulfonamides is 1. The zero-order valence-electron chi connectivity index (χ0n) is 20.0. The molecule has 3 aliphatic heterocycles. The van der Waals surface area contributed by atoms with Crippen molar-refractivity contribution >= 4 is 33.2 Å². The van der Waals surface area contributed by atoms with Crippen LogP contribution in [0.2, 0.25) is 0 Å². The number of carbonyl (C=O) groups excluding carboxylic acids is 2. The number of nitrogens with zero attached hydrogens (tertiary/aromatic N) is 4. The molecule has 1 aromatic carbocycles. The fraction of sp³-hybridized carbons (Fsp3) is 0.667. The first kappa shape index (κ1) is 24.0. The fourth-order valence-electron chi connectivity index (χ4n) is 5.27. The van der Waals surface area contributed by atoms with Crippen molar-refractivity contribution in [1.82, 2.24) is 9.21 Å². The molecule has 3 heterocycles. The summed E-state index contributed by atoms with van der Waals surface area (Å²) < 4.78 is 27.8. The fourth-order valence-corrected chi connectivity index (χ4v) is 6.75. The average molecular weight is 477 g/mol. The van der Waals surface area contributed by atoms with Crippen LogP contribution in [0, 0.1) is 5.92 Å². The van der Waals surface area contributed by atoms with Crippen LogP contribution in [0.3, 0.4) is 0 Å². The Kier molecular flexibility index (Phi) is 7.00. The lowest BCUT2D eigenvalue weighted by Crippen LogP contribution is -2.57. The molecule has 0 aromatic heterocycles. The van der Waals surface area contributed by atoms with E-state index in [0.717, 1.165) is 44.3 Å². The molecule has 8 nitrogen and oxygen atoms in total. The van der Waals surface area contributed by atoms with Crippen LogP contribution in [0.1, 0.15) is 52.9 Å². The van der Waals surface area contributed by atoms with E-state index in [1.165, 1.54) is 4.31 Å². The Morgan fingerprint density at radius 2 is 1.73 bits per heavy atom. The lowest BCUT2D eigenvalue weighted by molar-refractivity contribution is -0.133. The summed E-state index contributed by atoms with van der Waals surface area (Å²) in [5.74, 6) is 0.441. The molecule has 0 bridgehead atoms. The zero-order chi connectivity index (χ0) is 23.8. The van der Waals surface area contributed by atoms with Crippen LogP contribution in [-0.2, 0) is 19.6 Å². The molecule has 4 rings (SSSR count). The zero-order valence-corrected chi connectivity index (χ0v) is 20.8. The smallest absolute Gasteiger partial charge is 0.250 e. The van der Waals surface area contributed by atoms with Gasteiger partial charge in [0.05, 0.1) is 16.3 Å². The Labute approximate surface area is 197 Å². The summed E-state index contributed by atoms with van der Waals surface area (Å²) in [6.07, 6.45) is 4.66. The second-order valence-corrected chi connectivity index (χ2v) is 11.4. The van der Waals surface area contributed by atoms with Gasteiger partial charge in [0, 0.05) is 32.7 Å². The summed E-state index contributed by atoms with van der Waals surface area (Å²) >= 11 is 0. The van der Waals surface area contributed by atoms with Gasteiger partial charge in [-0.2, -0.15) is 4.31 Å². The number of carbonyl (C=O) groups is 2. The molecule has 2 fully saturated rings. The van der Waals surface area contributed by atoms with E-state index in [-0.39, 0.29) is 29.3 Å². The third-order valence-electron chi connectivity index (χ3n) is 7.37. The Bertz CT molecular complexity index is 1000. The van der Waals surface area contributed by atoms with Gasteiger partial charge in [-0.1, -0.05) is 20.8 Å². The van der Waals surface area contributed by atoms with E-state index in [1.807, 2.05) is 24.8 Å². The van der Waals surface area contributed by atoms with E-state index in [0.29, 0.717) is 37.8 Å². The molecule has 0 radical (unpaired) electrons. The van der Waals surface area contributed by atoms with Gasteiger partial charge in [0.25, 0.3) is 0 Å². The standard InChI is InChI=1S/C24H36N4O4S/c1-4-26(5-2)33(31,32)19-9-10-20-22(16-19)28(24(30)21-8-6-7-13-27(20)21)17-23(29)25-14-11-18(3)12-15-25/h9-10,16,18,21H,4-8,11-15,17H2,1-3H3.